The van der Waals surface area contributed by atoms with E-state index in [1.165, 1.54) is 64.2 Å². The normalized spacial score (nSPS) is 33.7. The zero-order valence-corrected chi connectivity index (χ0v) is 16.2. The molecule has 3 rings (SSSR count). The topological polar surface area (TPSA) is 20.3 Å². The zero-order valence-electron chi connectivity index (χ0n) is 13.0. The highest BCUT2D eigenvalue weighted by Crippen LogP contribution is 2.67. The Balaban J connectivity index is 1.79. The largest absolute Gasteiger partial charge is 0.336 e. The number of carbonyl (C=O) groups excluding carboxylic acids is 1. The van der Waals surface area contributed by atoms with Crippen molar-refractivity contribution in [1.82, 2.24) is 4.90 Å². The lowest BCUT2D eigenvalue weighted by molar-refractivity contribution is -0.143. The first-order valence-electron chi connectivity index (χ1n) is 8.66. The summed E-state index contributed by atoms with van der Waals surface area (Å²) < 4.78 is -0.161. The Kier molecular flexibility index (Phi) is 4.77. The van der Waals surface area contributed by atoms with Gasteiger partial charge in [-0.3, -0.25) is 4.79 Å². The zero-order chi connectivity index (χ0) is 15.1. The molecule has 0 saturated heterocycles. The van der Waals surface area contributed by atoms with Gasteiger partial charge >= 0.3 is 0 Å². The number of nitrogens with zero attached hydrogens (tertiary/aromatic N) is 1. The van der Waals surface area contributed by atoms with Crippen molar-refractivity contribution >= 4 is 37.8 Å². The summed E-state index contributed by atoms with van der Waals surface area (Å²) in [7, 11) is 0. The van der Waals surface area contributed by atoms with E-state index >= 15 is 0 Å². The van der Waals surface area contributed by atoms with Gasteiger partial charge < -0.3 is 4.90 Å². The Morgan fingerprint density at radius 2 is 1.29 bits per heavy atom. The quantitative estimate of drug-likeness (QED) is 0.561. The lowest BCUT2D eigenvalue weighted by atomic mass is 9.87. The monoisotopic (exact) mass is 419 g/mol. The third-order valence-corrected chi connectivity index (χ3v) is 8.21. The minimum absolute atomic E-state index is 0.161. The van der Waals surface area contributed by atoms with Crippen molar-refractivity contribution in [2.24, 2.45) is 5.41 Å². The van der Waals surface area contributed by atoms with Gasteiger partial charge in [0, 0.05) is 12.1 Å². The molecular formula is C17H27Br2NO. The molecule has 1 atom stereocenters. The van der Waals surface area contributed by atoms with E-state index in [0.29, 0.717) is 18.0 Å². The standard InChI is InChI=1S/C17H27Br2NO/c1-16(12-17(16,18)19)15(21)20(13-8-4-2-5-9-13)14-10-6-3-7-11-14/h13-14H,2-12H2,1H3. The van der Waals surface area contributed by atoms with E-state index in [2.05, 4.69) is 43.7 Å². The first-order chi connectivity index (χ1) is 9.96. The Morgan fingerprint density at radius 3 is 1.62 bits per heavy atom. The Hall–Kier alpha value is 0.430. The van der Waals surface area contributed by atoms with E-state index in [4.69, 9.17) is 0 Å². The molecule has 0 aromatic heterocycles. The van der Waals surface area contributed by atoms with E-state index in [0.717, 1.165) is 6.42 Å². The molecule has 1 amide bonds. The number of amides is 1. The lowest BCUT2D eigenvalue weighted by Gasteiger charge is -2.43. The van der Waals surface area contributed by atoms with Crippen LogP contribution in [0.1, 0.15) is 77.6 Å². The van der Waals surface area contributed by atoms with Crippen LogP contribution in [0, 0.1) is 5.41 Å². The third-order valence-electron chi connectivity index (χ3n) is 5.90. The van der Waals surface area contributed by atoms with E-state index in [1.807, 2.05) is 0 Å². The molecule has 0 aromatic carbocycles. The van der Waals surface area contributed by atoms with Gasteiger partial charge in [-0.2, -0.15) is 0 Å². The highest BCUT2D eigenvalue weighted by molar-refractivity contribution is 9.25. The van der Waals surface area contributed by atoms with Crippen molar-refractivity contribution in [1.29, 1.82) is 0 Å². The second-order valence-electron chi connectivity index (χ2n) is 7.51. The van der Waals surface area contributed by atoms with Crippen LogP contribution in [0.25, 0.3) is 0 Å². The molecule has 0 spiro atoms. The average molecular weight is 421 g/mol. The van der Waals surface area contributed by atoms with Gasteiger partial charge in [0.05, 0.1) is 8.65 Å². The van der Waals surface area contributed by atoms with E-state index in [9.17, 15) is 4.79 Å². The molecule has 2 nitrogen and oxygen atoms in total. The third kappa shape index (κ3) is 3.08. The second kappa shape index (κ2) is 6.14. The van der Waals surface area contributed by atoms with Crippen LogP contribution in [-0.4, -0.2) is 26.1 Å². The van der Waals surface area contributed by atoms with Crippen molar-refractivity contribution in [3.63, 3.8) is 0 Å². The van der Waals surface area contributed by atoms with Crippen LogP contribution >= 0.6 is 31.9 Å². The Bertz CT molecular complexity index is 382. The van der Waals surface area contributed by atoms with Gasteiger partial charge in [-0.05, 0) is 39.0 Å². The number of alkyl halides is 2. The van der Waals surface area contributed by atoms with Crippen LogP contribution < -0.4 is 0 Å². The fourth-order valence-corrected chi connectivity index (χ4v) is 5.73. The SMILES string of the molecule is CC1(C(=O)N(C2CCCCC2)C2CCCCC2)CC1(Br)Br. The predicted octanol–water partition coefficient (Wildman–Crippen LogP) is 5.38. The maximum atomic E-state index is 13.3. The van der Waals surface area contributed by atoms with E-state index < -0.39 is 0 Å². The first kappa shape index (κ1) is 16.3. The first-order valence-corrected chi connectivity index (χ1v) is 10.2. The fourth-order valence-electron chi connectivity index (χ4n) is 4.27. The van der Waals surface area contributed by atoms with Crippen LogP contribution in [0.5, 0.6) is 0 Å². The van der Waals surface area contributed by atoms with Crippen LogP contribution in [0.4, 0.5) is 0 Å². The summed E-state index contributed by atoms with van der Waals surface area (Å²) in [5, 5.41) is 0. The molecule has 4 heteroatoms. The van der Waals surface area contributed by atoms with Crippen molar-refractivity contribution in [2.45, 2.75) is 92.9 Å². The summed E-state index contributed by atoms with van der Waals surface area (Å²) in [6, 6.07) is 1.00. The highest BCUT2D eigenvalue weighted by Gasteiger charge is 2.68. The minimum atomic E-state index is -0.248. The molecule has 3 saturated carbocycles. The fraction of sp³-hybridized carbons (Fsp3) is 0.941. The van der Waals surface area contributed by atoms with Crippen molar-refractivity contribution in [2.75, 3.05) is 0 Å². The van der Waals surface area contributed by atoms with Crippen LogP contribution in [0.15, 0.2) is 0 Å². The molecule has 21 heavy (non-hydrogen) atoms. The number of hydrogen-bond donors (Lipinski definition) is 0. The molecule has 3 fully saturated rings. The highest BCUT2D eigenvalue weighted by atomic mass is 79.9. The van der Waals surface area contributed by atoms with E-state index in [-0.39, 0.29) is 8.65 Å². The van der Waals surface area contributed by atoms with Gasteiger partial charge in [-0.25, -0.2) is 0 Å². The van der Waals surface area contributed by atoms with Gasteiger partial charge in [0.2, 0.25) is 5.91 Å². The summed E-state index contributed by atoms with van der Waals surface area (Å²) in [6.07, 6.45) is 13.7. The summed E-state index contributed by atoms with van der Waals surface area (Å²) in [6.45, 7) is 2.12. The smallest absolute Gasteiger partial charge is 0.231 e. The molecule has 3 aliphatic rings. The van der Waals surface area contributed by atoms with Gasteiger partial charge in [0.25, 0.3) is 0 Å². The van der Waals surface area contributed by atoms with Crippen LogP contribution in [-0.2, 0) is 4.79 Å². The van der Waals surface area contributed by atoms with Gasteiger partial charge in [0.1, 0.15) is 0 Å². The van der Waals surface area contributed by atoms with Gasteiger partial charge in [-0.1, -0.05) is 70.4 Å². The molecule has 0 N–H and O–H groups in total. The van der Waals surface area contributed by atoms with Crippen molar-refractivity contribution < 1.29 is 4.79 Å². The van der Waals surface area contributed by atoms with Gasteiger partial charge in [-0.15, -0.1) is 0 Å². The molecule has 0 heterocycles. The summed E-state index contributed by atoms with van der Waals surface area (Å²) >= 11 is 7.39. The minimum Gasteiger partial charge on any atom is -0.336 e. The van der Waals surface area contributed by atoms with Gasteiger partial charge in [0.15, 0.2) is 0 Å². The van der Waals surface area contributed by atoms with Crippen molar-refractivity contribution in [3.05, 3.63) is 0 Å². The summed E-state index contributed by atoms with van der Waals surface area (Å²) in [5.74, 6) is 0.398. The maximum Gasteiger partial charge on any atom is 0.231 e. The summed E-state index contributed by atoms with van der Waals surface area (Å²) in [5.41, 5.74) is -0.248. The molecular weight excluding hydrogens is 394 g/mol. The molecule has 0 aliphatic heterocycles. The number of hydrogen-bond acceptors (Lipinski definition) is 1. The molecule has 0 bridgehead atoms. The maximum absolute atomic E-state index is 13.3. The van der Waals surface area contributed by atoms with Crippen LogP contribution in [0.3, 0.4) is 0 Å². The second-order valence-corrected chi connectivity index (χ2v) is 11.3. The number of rotatable bonds is 3. The average Bonchev–Trinajstić information content (AvgIpc) is 3.01. The van der Waals surface area contributed by atoms with E-state index in [1.54, 1.807) is 0 Å². The number of carbonyl (C=O) groups is 1. The Labute approximate surface area is 145 Å². The summed E-state index contributed by atoms with van der Waals surface area (Å²) in [4.78, 5) is 15.7. The molecule has 120 valence electrons. The molecule has 0 radical (unpaired) electrons. The molecule has 1 unspecified atom stereocenters. The Morgan fingerprint density at radius 1 is 0.905 bits per heavy atom. The molecule has 3 aliphatic carbocycles. The van der Waals surface area contributed by atoms with Crippen molar-refractivity contribution in [3.8, 4) is 0 Å². The molecule has 0 aromatic rings. The predicted molar refractivity (Wildman–Crippen MR) is 93.9 cm³/mol. The number of halogens is 2. The van der Waals surface area contributed by atoms with Crippen LogP contribution in [0.2, 0.25) is 0 Å². The lowest BCUT2D eigenvalue weighted by Crippen LogP contribution is -2.51.